The number of rotatable bonds is 4. The minimum Gasteiger partial charge on any atom is -0.454 e. The van der Waals surface area contributed by atoms with E-state index in [4.69, 9.17) is 9.47 Å². The van der Waals surface area contributed by atoms with Crippen molar-refractivity contribution in [3.63, 3.8) is 0 Å². The topological polar surface area (TPSA) is 88.2 Å². The maximum Gasteiger partial charge on any atom is 0.253 e. The molecule has 0 atom stereocenters. The maximum atomic E-state index is 13.0. The maximum absolute atomic E-state index is 13.0. The lowest BCUT2D eigenvalue weighted by atomic mass is 9.95. The van der Waals surface area contributed by atoms with Gasteiger partial charge in [0.05, 0.1) is 0 Å². The standard InChI is InChI=1S/C24H25N3O5/c28-22-5-2-10-27(22)19-4-1-3-17(13-19)24(30)26-11-8-16(9-12-26)23(29)25-18-6-7-20-21(14-18)32-15-31-20/h1,3-4,6-7,13-14,16H,2,5,8-12,15H2,(H,25,29). The van der Waals surface area contributed by atoms with Crippen LogP contribution in [0.4, 0.5) is 11.4 Å². The number of hydrogen-bond donors (Lipinski definition) is 1. The van der Waals surface area contributed by atoms with Crippen LogP contribution in [-0.2, 0) is 9.59 Å². The first-order chi connectivity index (χ1) is 15.6. The molecule has 32 heavy (non-hydrogen) atoms. The third-order valence-electron chi connectivity index (χ3n) is 6.27. The summed E-state index contributed by atoms with van der Waals surface area (Å²) in [5.74, 6) is 1.13. The van der Waals surface area contributed by atoms with Crippen molar-refractivity contribution in [1.82, 2.24) is 4.90 Å². The minimum atomic E-state index is -0.155. The lowest BCUT2D eigenvalue weighted by molar-refractivity contribution is -0.121. The van der Waals surface area contributed by atoms with Crippen LogP contribution in [0.3, 0.4) is 0 Å². The summed E-state index contributed by atoms with van der Waals surface area (Å²) in [6, 6.07) is 12.6. The van der Waals surface area contributed by atoms with E-state index in [2.05, 4.69) is 5.32 Å². The third kappa shape index (κ3) is 4.00. The van der Waals surface area contributed by atoms with E-state index in [1.165, 1.54) is 0 Å². The normalized spacial score (nSPS) is 18.2. The second-order valence-corrected chi connectivity index (χ2v) is 8.32. The molecule has 1 N–H and O–H groups in total. The van der Waals surface area contributed by atoms with E-state index >= 15 is 0 Å². The number of ether oxygens (including phenoxy) is 2. The van der Waals surface area contributed by atoms with E-state index in [9.17, 15) is 14.4 Å². The van der Waals surface area contributed by atoms with Crippen LogP contribution in [0.5, 0.6) is 11.5 Å². The highest BCUT2D eigenvalue weighted by Crippen LogP contribution is 2.34. The first-order valence-corrected chi connectivity index (χ1v) is 11.0. The molecule has 3 heterocycles. The number of benzene rings is 2. The Morgan fingerprint density at radius 2 is 1.78 bits per heavy atom. The van der Waals surface area contributed by atoms with Gasteiger partial charge in [0.2, 0.25) is 18.6 Å². The van der Waals surface area contributed by atoms with Crippen molar-refractivity contribution in [3.05, 3.63) is 48.0 Å². The van der Waals surface area contributed by atoms with Crippen molar-refractivity contribution in [2.45, 2.75) is 25.7 Å². The van der Waals surface area contributed by atoms with Crippen molar-refractivity contribution in [2.24, 2.45) is 5.92 Å². The van der Waals surface area contributed by atoms with Crippen LogP contribution in [0, 0.1) is 5.92 Å². The molecule has 0 saturated carbocycles. The molecule has 0 bridgehead atoms. The number of likely N-dealkylation sites (tertiary alicyclic amines) is 1. The van der Waals surface area contributed by atoms with Gasteiger partial charge in [0.25, 0.3) is 5.91 Å². The number of nitrogens with one attached hydrogen (secondary N) is 1. The molecule has 0 radical (unpaired) electrons. The van der Waals surface area contributed by atoms with Gasteiger partial charge in [-0.05, 0) is 49.6 Å². The lowest BCUT2D eigenvalue weighted by Gasteiger charge is -2.31. The largest absolute Gasteiger partial charge is 0.454 e. The number of amides is 3. The predicted molar refractivity (Wildman–Crippen MR) is 118 cm³/mol. The Kier molecular flexibility index (Phi) is 5.43. The fourth-order valence-electron chi connectivity index (χ4n) is 4.47. The van der Waals surface area contributed by atoms with Crippen molar-refractivity contribution in [2.75, 3.05) is 36.6 Å². The van der Waals surface area contributed by atoms with Crippen molar-refractivity contribution < 1.29 is 23.9 Å². The van der Waals surface area contributed by atoms with Crippen LogP contribution in [0.2, 0.25) is 0 Å². The second-order valence-electron chi connectivity index (χ2n) is 8.32. The molecule has 3 amide bonds. The molecule has 2 aromatic carbocycles. The first-order valence-electron chi connectivity index (χ1n) is 11.0. The van der Waals surface area contributed by atoms with Gasteiger partial charge >= 0.3 is 0 Å². The quantitative estimate of drug-likeness (QED) is 0.798. The Bertz CT molecular complexity index is 1060. The summed E-state index contributed by atoms with van der Waals surface area (Å²) in [6.45, 7) is 1.92. The van der Waals surface area contributed by atoms with Crippen molar-refractivity contribution in [1.29, 1.82) is 0 Å². The molecule has 0 spiro atoms. The average Bonchev–Trinajstić information content (AvgIpc) is 3.47. The molecule has 0 unspecified atom stereocenters. The molecule has 2 aromatic rings. The van der Waals surface area contributed by atoms with Gasteiger partial charge in [0, 0.05) is 55.0 Å². The molecule has 2 fully saturated rings. The van der Waals surface area contributed by atoms with Gasteiger partial charge in [-0.3, -0.25) is 14.4 Å². The summed E-state index contributed by atoms with van der Waals surface area (Å²) in [5.41, 5.74) is 2.02. The van der Waals surface area contributed by atoms with Gasteiger partial charge in [0.1, 0.15) is 0 Å². The summed E-state index contributed by atoms with van der Waals surface area (Å²) >= 11 is 0. The molecule has 3 aliphatic rings. The van der Waals surface area contributed by atoms with Gasteiger partial charge in [-0.2, -0.15) is 0 Å². The van der Waals surface area contributed by atoms with E-state index < -0.39 is 0 Å². The van der Waals surface area contributed by atoms with Crippen LogP contribution in [0.15, 0.2) is 42.5 Å². The van der Waals surface area contributed by atoms with E-state index in [1.807, 2.05) is 12.1 Å². The van der Waals surface area contributed by atoms with Gasteiger partial charge in [0.15, 0.2) is 11.5 Å². The summed E-state index contributed by atoms with van der Waals surface area (Å²) in [5, 5.41) is 2.94. The molecule has 8 nitrogen and oxygen atoms in total. The Hall–Kier alpha value is -3.55. The van der Waals surface area contributed by atoms with Crippen molar-refractivity contribution in [3.8, 4) is 11.5 Å². The lowest BCUT2D eigenvalue weighted by Crippen LogP contribution is -2.41. The highest BCUT2D eigenvalue weighted by Gasteiger charge is 2.29. The van der Waals surface area contributed by atoms with Crippen LogP contribution in [0.1, 0.15) is 36.0 Å². The third-order valence-corrected chi connectivity index (χ3v) is 6.27. The number of piperidine rings is 1. The van der Waals surface area contributed by atoms with Gasteiger partial charge < -0.3 is 24.6 Å². The minimum absolute atomic E-state index is 0.0505. The number of carbonyl (C=O) groups is 3. The van der Waals surface area contributed by atoms with Crippen LogP contribution >= 0.6 is 0 Å². The molecular formula is C24H25N3O5. The summed E-state index contributed by atoms with van der Waals surface area (Å²) < 4.78 is 10.7. The number of carbonyl (C=O) groups excluding carboxylic acids is 3. The van der Waals surface area contributed by atoms with Crippen LogP contribution in [-0.4, -0.2) is 49.0 Å². The Labute approximate surface area is 186 Å². The zero-order chi connectivity index (χ0) is 22.1. The highest BCUT2D eigenvalue weighted by atomic mass is 16.7. The monoisotopic (exact) mass is 435 g/mol. The fraction of sp³-hybridized carbons (Fsp3) is 0.375. The van der Waals surface area contributed by atoms with Crippen LogP contribution in [0.25, 0.3) is 0 Å². The number of fused-ring (bicyclic) bond motifs is 1. The van der Waals surface area contributed by atoms with E-state index in [0.717, 1.165) is 12.1 Å². The zero-order valence-electron chi connectivity index (χ0n) is 17.7. The zero-order valence-corrected chi connectivity index (χ0v) is 17.7. The molecule has 0 aromatic heterocycles. The first kappa shape index (κ1) is 20.4. The summed E-state index contributed by atoms with van der Waals surface area (Å²) in [7, 11) is 0. The SMILES string of the molecule is O=C(Nc1ccc2c(c1)OCO2)C1CCN(C(=O)c2cccc(N3CCCC3=O)c2)CC1. The van der Waals surface area contributed by atoms with Crippen LogP contribution < -0.4 is 19.7 Å². The number of hydrogen-bond acceptors (Lipinski definition) is 5. The Balaban J connectivity index is 1.18. The van der Waals surface area contributed by atoms with E-state index in [0.29, 0.717) is 61.6 Å². The molecule has 5 rings (SSSR count). The molecule has 2 saturated heterocycles. The predicted octanol–water partition coefficient (Wildman–Crippen LogP) is 3.03. The van der Waals surface area contributed by atoms with Gasteiger partial charge in [-0.15, -0.1) is 0 Å². The Morgan fingerprint density at radius 3 is 2.56 bits per heavy atom. The molecule has 3 aliphatic heterocycles. The van der Waals surface area contributed by atoms with E-state index in [1.54, 1.807) is 40.1 Å². The number of anilines is 2. The van der Waals surface area contributed by atoms with Gasteiger partial charge in [-0.25, -0.2) is 0 Å². The fourth-order valence-corrected chi connectivity index (χ4v) is 4.47. The van der Waals surface area contributed by atoms with E-state index in [-0.39, 0.29) is 30.4 Å². The summed E-state index contributed by atoms with van der Waals surface area (Å²) in [6.07, 6.45) is 2.61. The van der Waals surface area contributed by atoms with Crippen molar-refractivity contribution >= 4 is 29.1 Å². The van der Waals surface area contributed by atoms with Gasteiger partial charge in [-0.1, -0.05) is 6.07 Å². The highest BCUT2D eigenvalue weighted by molar-refractivity contribution is 5.99. The molecule has 0 aliphatic carbocycles. The molecular weight excluding hydrogens is 410 g/mol. The smallest absolute Gasteiger partial charge is 0.253 e. The Morgan fingerprint density at radius 1 is 0.969 bits per heavy atom. The summed E-state index contributed by atoms with van der Waals surface area (Å²) in [4.78, 5) is 41.3. The average molecular weight is 435 g/mol. The molecule has 8 heteroatoms. The number of nitrogens with zero attached hydrogens (tertiary/aromatic N) is 2. The molecule has 166 valence electrons. The second kappa shape index (κ2) is 8.53.